The number of nitrogens with one attached hydrogen (secondary N) is 3. The first-order chi connectivity index (χ1) is 64.4. The second-order valence-electron chi connectivity index (χ2n) is 25.5. The van der Waals surface area contributed by atoms with Gasteiger partial charge < -0.3 is 150 Å². The number of aliphatic hydroxyl groups is 16. The van der Waals surface area contributed by atoms with Crippen molar-refractivity contribution in [3.8, 4) is 0 Å². The van der Waals surface area contributed by atoms with E-state index in [1.54, 1.807) is 5.32 Å². The monoisotopic (exact) mass is 1580 g/mol. The molecule has 0 aromatic rings. The Morgan fingerprint density at radius 3 is 1.57 bits per heavy atom. The number of aliphatic carboxylic acids is 1. The maximum atomic E-state index is 14.6. The number of carboxylic acids is 1. The predicted octanol–water partition coefficient (Wildman–Crippen LogP) is -1.04. The maximum Gasteiger partial charge on any atom is 0.364 e. The molecule has 5 rings (SSSR count). The molecular weight excluding hydrogens is 1410 g/mol. The normalized spacial score (nSPS) is 41.7. The Labute approximate surface area is 676 Å². The van der Waals surface area contributed by atoms with Crippen LogP contribution in [0.25, 0.3) is 0 Å². The number of ether oxygens (including phenoxy) is 10. The predicted molar refractivity (Wildman–Crippen MR) is 378 cm³/mol. The van der Waals surface area contributed by atoms with Crippen molar-refractivity contribution in [2.75, 3.05) is 39.6 Å². The zero-order chi connectivity index (χ0) is 110. The number of allylic oxidation sites excluding steroid dienone is 1. The Morgan fingerprint density at radius 2 is 1.02 bits per heavy atom. The van der Waals surface area contributed by atoms with E-state index in [1.165, 1.54) is 6.08 Å². The molecule has 0 saturated carbocycles. The van der Waals surface area contributed by atoms with Gasteiger partial charge in [0.2, 0.25) is 17.7 Å². The summed E-state index contributed by atoms with van der Waals surface area (Å²) in [6, 6.07) is -6.39. The average Bonchev–Trinajstić information content (AvgIpc) is 0.672. The number of carboxylic acid groups (broad SMARTS) is 1. The summed E-state index contributed by atoms with van der Waals surface area (Å²) < 4.78 is 355. The first-order valence-corrected chi connectivity index (χ1v) is 34.8. The smallest absolute Gasteiger partial charge is 0.364 e. The molecule has 5 saturated heterocycles. The molecule has 3 amide bonds. The van der Waals surface area contributed by atoms with Gasteiger partial charge in [0.1, 0.15) is 116 Å². The van der Waals surface area contributed by atoms with Crippen LogP contribution in [0.5, 0.6) is 0 Å². The summed E-state index contributed by atoms with van der Waals surface area (Å²) in [5.41, 5.74) is 0. The van der Waals surface area contributed by atoms with Gasteiger partial charge in [0, 0.05) is 74.6 Å². The van der Waals surface area contributed by atoms with Crippen LogP contribution in [0, 0.1) is 0 Å². The van der Waals surface area contributed by atoms with E-state index >= 15 is 0 Å². The molecule has 5 heterocycles. The molecule has 5 aliphatic rings. The fourth-order valence-electron chi connectivity index (χ4n) is 12.1. The molecule has 0 spiro atoms. The second kappa shape index (κ2) is 49.9. The van der Waals surface area contributed by atoms with Crippen LogP contribution < -0.4 is 16.0 Å². The Hall–Kier alpha value is -3.42. The van der Waals surface area contributed by atoms with Crippen molar-refractivity contribution in [1.29, 1.82) is 0 Å². The van der Waals surface area contributed by atoms with Crippen molar-refractivity contribution in [1.82, 2.24) is 16.0 Å². The van der Waals surface area contributed by atoms with Gasteiger partial charge in [-0.2, -0.15) is 0 Å². The Bertz CT molecular complexity index is 4110. The van der Waals surface area contributed by atoms with Crippen molar-refractivity contribution >= 4 is 23.7 Å². The molecule has 5 fully saturated rings. The van der Waals surface area contributed by atoms with Gasteiger partial charge in [-0.3, -0.25) is 14.4 Å². The topological polar surface area (TPSA) is 541 Å². The molecule has 34 heteroatoms. The molecule has 0 radical (unpaired) electrons. The summed E-state index contributed by atoms with van der Waals surface area (Å²) in [5.74, 6) is -10.5. The van der Waals surface area contributed by atoms with E-state index in [0.29, 0.717) is 12.8 Å². The molecule has 624 valence electrons. The lowest BCUT2D eigenvalue weighted by atomic mass is 9.88. The summed E-state index contributed by atoms with van der Waals surface area (Å²) >= 11 is 0. The third-order valence-corrected chi connectivity index (χ3v) is 17.6. The van der Waals surface area contributed by atoms with Crippen LogP contribution in [0.4, 0.5) is 0 Å². The Balaban J connectivity index is 1.58. The highest BCUT2D eigenvalue weighted by molar-refractivity contribution is 5.77. The summed E-state index contributed by atoms with van der Waals surface area (Å²) in [4.78, 5) is 54.3. The fraction of sp³-hybridized carbons (Fsp3) is 0.918. The molecule has 5 aliphatic heterocycles. The quantitative estimate of drug-likeness (QED) is 0.0255. The van der Waals surface area contributed by atoms with Crippen LogP contribution in [0.2, 0.25) is 0 Å². The van der Waals surface area contributed by atoms with Gasteiger partial charge in [-0.25, -0.2) is 4.79 Å². The number of amides is 3. The minimum atomic E-state index is -5.50. The third kappa shape index (κ3) is 29.2. The molecule has 0 aliphatic carbocycles. The summed E-state index contributed by atoms with van der Waals surface area (Å²) in [5, 5.41) is 197. The third-order valence-electron chi connectivity index (χ3n) is 17.6. The molecule has 0 bridgehead atoms. The van der Waals surface area contributed by atoms with Crippen LogP contribution in [-0.2, 0) is 66.5 Å². The van der Waals surface area contributed by atoms with Gasteiger partial charge in [-0.05, 0) is 19.2 Å². The standard InChI is InChI=1S/C73H131N3O31/c1-5-7-9-11-13-15-17-19-20-22-24-26-28-30-32-34-52(87)76-44(45(84)33-31-29-27-25-23-21-18-16-14-12-10-8-6-2)41-98-69-61(94)59(92)63(50(39-80)101-69)103-71-62(95)67(107-73(72(96)97)35-46(85)53(74-42(3)82)66(106-73)55(88)47(86)36-77)64(51(40-81)102-71)104-68-54(75-43(4)83)65(57(90)49(38-79)99-68)105-70-60(93)58(91)56(89)48(37-78)100-70/h31,33,44-51,53-71,77-81,84-86,88-95H,5-30,32,34-41H2,1-4H3,(H,74,82)(H,75,83)(H,76,87)(H,96,97)/b33-31+/t44-,45+,46+,47+,48+,49+,50+,51+,53-,54+,55?,56-,57-,58-,59+,60+,61+,62+,63+,64-,65+,66-,67+,68-,69+,70-,71-,73+/m0/s1/i1D3,5D2,7D2,9D2,11D2,13D2,15D2,17D2,19D2,20D2,22D2,24D2,26D2,28D2,30D2,32D2,34D2. The molecule has 34 nitrogen and oxygen atoms in total. The second-order valence-corrected chi connectivity index (χ2v) is 25.5. The lowest BCUT2D eigenvalue weighted by Crippen LogP contribution is -2.72. The first-order valence-electron chi connectivity index (χ1n) is 52.3. The van der Waals surface area contributed by atoms with E-state index < -0.39 is 350 Å². The number of aliphatic hydroxyl groups excluding tert-OH is 16. The van der Waals surface area contributed by atoms with Crippen LogP contribution >= 0.6 is 0 Å². The maximum absolute atomic E-state index is 14.6. The van der Waals surface area contributed by atoms with Gasteiger partial charge in [0.05, 0.1) is 63.9 Å². The van der Waals surface area contributed by atoms with E-state index in [-0.39, 0.29) is 6.42 Å². The van der Waals surface area contributed by atoms with Crippen LogP contribution in [0.1, 0.15) is 261 Å². The van der Waals surface area contributed by atoms with E-state index in [0.717, 1.165) is 77.7 Å². The zero-order valence-electron chi connectivity index (χ0n) is 94.0. The van der Waals surface area contributed by atoms with Gasteiger partial charge in [0.25, 0.3) is 5.79 Å². The van der Waals surface area contributed by atoms with E-state index in [4.69, 9.17) is 95.3 Å². The summed E-state index contributed by atoms with van der Waals surface area (Å²) in [7, 11) is 0. The Kier molecular flexibility index (Phi) is 25.0. The van der Waals surface area contributed by atoms with Crippen LogP contribution in [0.3, 0.4) is 0 Å². The van der Waals surface area contributed by atoms with Crippen molar-refractivity contribution in [2.45, 2.75) is 384 Å². The first kappa shape index (κ1) is 53.6. The van der Waals surface area contributed by atoms with Gasteiger partial charge in [-0.15, -0.1) is 0 Å². The minimum Gasteiger partial charge on any atom is -0.477 e. The SMILES string of the molecule is [2H]C([2H])([2H])C([2H])([2H])C([2H])([2H])C([2H])([2H])C([2H])([2H])C([2H])([2H])C([2H])([2H])C([2H])([2H])C([2H])([2H])C([2H])([2H])C([2H])([2H])C([2H])([2H])C([2H])([2H])C([2H])([2H])C([2H])([2H])C([2H])([2H])C([2H])([2H])C(=O)N[C@@H](CO[C@@H]1O[C@H](CO)[C@@H](O[C@@H]2O[C@H](CO)[C@H](O[C@@H]3O[C@H](CO)[C@H](O)[C@H](O[C@@H]4O[C@H](CO)[C@H](O)[C@H](O)[C@H]4O)[C@H]3NC(C)=O)[C@H](O[C@@]3(C(=O)O)C[C@@H](O)[C@H](NC(C)=O)[C@@H](C(O)[C@H](O)CO)O3)[C@H]2O)[C@H](O)[C@H]1O)[C@H](O)/C=C/CCCCCCCCCCCCC. The fourth-order valence-corrected chi connectivity index (χ4v) is 12.1. The highest BCUT2D eigenvalue weighted by atomic mass is 16.8. The molecular formula is C73H131N3O31. The molecule has 0 aromatic heterocycles. The number of hydrogen-bond donors (Lipinski definition) is 20. The number of carbonyl (C=O) groups excluding carboxylic acids is 3. The molecule has 107 heavy (non-hydrogen) atoms. The van der Waals surface area contributed by atoms with Crippen molar-refractivity contribution in [3.05, 3.63) is 12.2 Å². The van der Waals surface area contributed by atoms with Crippen LogP contribution in [0.15, 0.2) is 12.2 Å². The molecule has 1 unspecified atom stereocenters. The highest BCUT2D eigenvalue weighted by Crippen LogP contribution is 2.41. The average molecular weight is 1580 g/mol. The zero-order valence-corrected chi connectivity index (χ0v) is 59.0. The van der Waals surface area contributed by atoms with E-state index in [2.05, 4.69) is 17.6 Å². The molecule has 0 aromatic carbocycles. The molecule has 28 atom stereocenters. The Morgan fingerprint density at radius 1 is 0.542 bits per heavy atom. The lowest BCUT2D eigenvalue weighted by Gasteiger charge is -2.52. The van der Waals surface area contributed by atoms with Gasteiger partial charge in [0.15, 0.2) is 25.2 Å². The largest absolute Gasteiger partial charge is 0.477 e. The van der Waals surface area contributed by atoms with E-state index in [1.807, 2.05) is 0 Å². The number of unbranched alkanes of at least 4 members (excludes halogenated alkanes) is 11. The summed E-state index contributed by atoms with van der Waals surface area (Å²) in [6.45, 7) is -8.49. The van der Waals surface area contributed by atoms with Gasteiger partial charge in [-0.1, -0.05) is 179 Å². The minimum absolute atomic E-state index is 0.109. The number of hydrogen-bond acceptors (Lipinski definition) is 30. The number of rotatable bonds is 52. The van der Waals surface area contributed by atoms with Gasteiger partial charge >= 0.3 is 5.97 Å². The summed E-state index contributed by atoms with van der Waals surface area (Å²) in [6.07, 6.45) is -130. The number of carbonyl (C=O) groups is 4. The van der Waals surface area contributed by atoms with Crippen LogP contribution in [-0.4, -0.2) is 321 Å². The van der Waals surface area contributed by atoms with E-state index in [9.17, 15) is 106 Å². The van der Waals surface area contributed by atoms with Crippen molar-refractivity contribution < 1.29 is 201 Å². The van der Waals surface area contributed by atoms with Crippen molar-refractivity contribution in [2.24, 2.45) is 0 Å². The van der Waals surface area contributed by atoms with Crippen molar-refractivity contribution in [3.63, 3.8) is 0 Å². The highest BCUT2D eigenvalue weighted by Gasteiger charge is 2.62. The lowest BCUT2D eigenvalue weighted by molar-refractivity contribution is -0.403. The molecule has 20 N–H and O–H groups in total.